The average molecular weight is 326 g/mol. The zero-order chi connectivity index (χ0) is 16.2. The lowest BCUT2D eigenvalue weighted by Gasteiger charge is -2.09. The largest absolute Gasteiger partial charge is 0.378 e. The standard InChI is InChI=1S/C11H14N6O4S/c1-12-22(20,21)9-2-3-10(11(6-9)17(18)19)14-4-5-16-8-13-7-15-16/h2-3,6-8,12,14H,4-5H2,1H3. The molecule has 0 amide bonds. The molecular weight excluding hydrogens is 312 g/mol. The second-order valence-corrected chi connectivity index (χ2v) is 6.12. The number of hydrogen-bond donors (Lipinski definition) is 2. The fourth-order valence-corrected chi connectivity index (χ4v) is 2.50. The van der Waals surface area contributed by atoms with E-state index in [2.05, 4.69) is 20.1 Å². The Kier molecular flexibility index (Phi) is 4.68. The SMILES string of the molecule is CNS(=O)(=O)c1ccc(NCCn2cncn2)c([N+](=O)[O-])c1. The summed E-state index contributed by atoms with van der Waals surface area (Å²) < 4.78 is 27.1. The van der Waals surface area contributed by atoms with Crippen molar-refractivity contribution >= 4 is 21.4 Å². The van der Waals surface area contributed by atoms with Crippen LogP contribution in [0.5, 0.6) is 0 Å². The summed E-state index contributed by atoms with van der Waals surface area (Å²) in [4.78, 5) is 14.1. The molecule has 0 unspecified atom stereocenters. The minimum absolute atomic E-state index is 0.163. The number of benzene rings is 1. The Labute approximate surface area is 126 Å². The zero-order valence-electron chi connectivity index (χ0n) is 11.6. The van der Waals surface area contributed by atoms with Crippen molar-refractivity contribution < 1.29 is 13.3 Å². The summed E-state index contributed by atoms with van der Waals surface area (Å²) in [5.74, 6) is 0. The Hall–Kier alpha value is -2.53. The van der Waals surface area contributed by atoms with Crippen LogP contribution >= 0.6 is 0 Å². The van der Waals surface area contributed by atoms with Crippen molar-refractivity contribution in [3.05, 3.63) is 41.0 Å². The number of nitro benzene ring substituents is 1. The van der Waals surface area contributed by atoms with Gasteiger partial charge in [0, 0.05) is 12.6 Å². The summed E-state index contributed by atoms with van der Waals surface area (Å²) in [5, 5.41) is 17.9. The summed E-state index contributed by atoms with van der Waals surface area (Å²) in [6, 6.07) is 3.68. The summed E-state index contributed by atoms with van der Waals surface area (Å²) in [6.45, 7) is 0.843. The Morgan fingerprint density at radius 2 is 2.18 bits per heavy atom. The van der Waals surface area contributed by atoms with Crippen LogP contribution in [-0.4, -0.2) is 41.7 Å². The topological polar surface area (TPSA) is 132 Å². The van der Waals surface area contributed by atoms with Gasteiger partial charge in [-0.05, 0) is 19.2 Å². The smallest absolute Gasteiger partial charge is 0.293 e. The Morgan fingerprint density at radius 3 is 2.77 bits per heavy atom. The first kappa shape index (κ1) is 15.9. The van der Waals surface area contributed by atoms with Gasteiger partial charge in [0.2, 0.25) is 10.0 Å². The predicted octanol–water partition coefficient (Wildman–Crippen LogP) is 0.206. The van der Waals surface area contributed by atoms with Crippen molar-refractivity contribution in [3.8, 4) is 0 Å². The zero-order valence-corrected chi connectivity index (χ0v) is 12.4. The molecule has 0 aliphatic rings. The van der Waals surface area contributed by atoms with E-state index in [1.54, 1.807) is 4.68 Å². The summed E-state index contributed by atoms with van der Waals surface area (Å²) in [5.41, 5.74) is -0.0740. The molecule has 0 radical (unpaired) electrons. The first-order valence-corrected chi connectivity index (χ1v) is 7.70. The van der Waals surface area contributed by atoms with E-state index in [1.807, 2.05) is 0 Å². The molecule has 0 saturated heterocycles. The van der Waals surface area contributed by atoms with E-state index in [0.717, 1.165) is 6.07 Å². The van der Waals surface area contributed by atoms with Gasteiger partial charge in [0.1, 0.15) is 18.3 Å². The third kappa shape index (κ3) is 3.56. The average Bonchev–Trinajstić information content (AvgIpc) is 3.00. The quantitative estimate of drug-likeness (QED) is 0.549. The van der Waals surface area contributed by atoms with Gasteiger partial charge in [-0.25, -0.2) is 18.1 Å². The molecule has 0 aliphatic carbocycles. The maximum absolute atomic E-state index is 11.7. The van der Waals surface area contributed by atoms with Crippen LogP contribution in [0.25, 0.3) is 0 Å². The van der Waals surface area contributed by atoms with Crippen LogP contribution in [0.2, 0.25) is 0 Å². The lowest BCUT2D eigenvalue weighted by atomic mass is 10.2. The van der Waals surface area contributed by atoms with E-state index in [4.69, 9.17) is 0 Å². The van der Waals surface area contributed by atoms with Gasteiger partial charge < -0.3 is 5.32 Å². The van der Waals surface area contributed by atoms with Gasteiger partial charge in [-0.3, -0.25) is 14.8 Å². The Balaban J connectivity index is 2.18. The molecule has 0 fully saturated rings. The molecule has 22 heavy (non-hydrogen) atoms. The molecule has 118 valence electrons. The number of sulfonamides is 1. The second-order valence-electron chi connectivity index (χ2n) is 4.23. The molecule has 0 saturated carbocycles. The van der Waals surface area contributed by atoms with Crippen molar-refractivity contribution in [1.82, 2.24) is 19.5 Å². The fourth-order valence-electron chi connectivity index (χ4n) is 1.75. The molecule has 0 bridgehead atoms. The van der Waals surface area contributed by atoms with Crippen LogP contribution in [0, 0.1) is 10.1 Å². The molecule has 1 aromatic carbocycles. The van der Waals surface area contributed by atoms with Crippen LogP contribution in [0.4, 0.5) is 11.4 Å². The number of nitrogens with zero attached hydrogens (tertiary/aromatic N) is 4. The van der Waals surface area contributed by atoms with Crippen molar-refractivity contribution in [2.24, 2.45) is 0 Å². The molecule has 0 aliphatic heterocycles. The molecular formula is C11H14N6O4S. The monoisotopic (exact) mass is 326 g/mol. The molecule has 11 heteroatoms. The third-order valence-corrected chi connectivity index (χ3v) is 4.28. The van der Waals surface area contributed by atoms with E-state index in [1.165, 1.54) is 31.8 Å². The molecule has 2 aromatic rings. The van der Waals surface area contributed by atoms with Gasteiger partial charge in [0.25, 0.3) is 5.69 Å². The van der Waals surface area contributed by atoms with Gasteiger partial charge in [0.15, 0.2) is 0 Å². The molecule has 2 rings (SSSR count). The van der Waals surface area contributed by atoms with Gasteiger partial charge in [-0.1, -0.05) is 0 Å². The molecule has 2 N–H and O–H groups in total. The minimum atomic E-state index is -3.73. The summed E-state index contributed by atoms with van der Waals surface area (Å²) >= 11 is 0. The fraction of sp³-hybridized carbons (Fsp3) is 0.273. The van der Waals surface area contributed by atoms with Crippen LogP contribution in [0.15, 0.2) is 35.7 Å². The number of hydrogen-bond acceptors (Lipinski definition) is 7. The van der Waals surface area contributed by atoms with Crippen molar-refractivity contribution in [1.29, 1.82) is 0 Å². The van der Waals surface area contributed by atoms with E-state index < -0.39 is 14.9 Å². The van der Waals surface area contributed by atoms with Crippen molar-refractivity contribution in [3.63, 3.8) is 0 Å². The van der Waals surface area contributed by atoms with Crippen LogP contribution in [0.1, 0.15) is 0 Å². The maximum Gasteiger partial charge on any atom is 0.293 e. The minimum Gasteiger partial charge on any atom is -0.378 e. The Bertz CT molecular complexity index is 759. The van der Waals surface area contributed by atoms with Gasteiger partial charge >= 0.3 is 0 Å². The van der Waals surface area contributed by atoms with E-state index in [0.29, 0.717) is 13.1 Å². The molecule has 10 nitrogen and oxygen atoms in total. The highest BCUT2D eigenvalue weighted by Gasteiger charge is 2.20. The first-order chi connectivity index (χ1) is 10.4. The highest BCUT2D eigenvalue weighted by atomic mass is 32.2. The number of nitro groups is 1. The van der Waals surface area contributed by atoms with Crippen LogP contribution in [-0.2, 0) is 16.6 Å². The van der Waals surface area contributed by atoms with Crippen molar-refractivity contribution in [2.75, 3.05) is 18.9 Å². The number of anilines is 1. The van der Waals surface area contributed by atoms with Crippen molar-refractivity contribution in [2.45, 2.75) is 11.4 Å². The van der Waals surface area contributed by atoms with E-state index in [9.17, 15) is 18.5 Å². The van der Waals surface area contributed by atoms with Gasteiger partial charge in [-0.15, -0.1) is 0 Å². The highest BCUT2D eigenvalue weighted by molar-refractivity contribution is 7.89. The molecule has 0 spiro atoms. The Morgan fingerprint density at radius 1 is 1.41 bits per heavy atom. The van der Waals surface area contributed by atoms with Crippen LogP contribution < -0.4 is 10.0 Å². The van der Waals surface area contributed by atoms with Crippen LogP contribution in [0.3, 0.4) is 0 Å². The maximum atomic E-state index is 11.7. The summed E-state index contributed by atoms with van der Waals surface area (Å²) in [7, 11) is -2.49. The molecule has 0 atom stereocenters. The first-order valence-electron chi connectivity index (χ1n) is 6.22. The second kappa shape index (κ2) is 6.49. The van der Waals surface area contributed by atoms with Gasteiger partial charge in [0.05, 0.1) is 16.4 Å². The number of rotatable bonds is 7. The highest BCUT2D eigenvalue weighted by Crippen LogP contribution is 2.27. The van der Waals surface area contributed by atoms with E-state index >= 15 is 0 Å². The van der Waals surface area contributed by atoms with E-state index in [-0.39, 0.29) is 16.3 Å². The lowest BCUT2D eigenvalue weighted by molar-refractivity contribution is -0.384. The summed E-state index contributed by atoms with van der Waals surface area (Å²) in [6.07, 6.45) is 2.92. The predicted molar refractivity (Wildman–Crippen MR) is 77.9 cm³/mol. The molecule has 1 heterocycles. The number of aromatic nitrogens is 3. The van der Waals surface area contributed by atoms with Gasteiger partial charge in [-0.2, -0.15) is 5.10 Å². The molecule has 1 aromatic heterocycles. The lowest BCUT2D eigenvalue weighted by Crippen LogP contribution is -2.19. The third-order valence-electron chi connectivity index (χ3n) is 2.87. The number of nitrogens with one attached hydrogen (secondary N) is 2. The normalized spacial score (nSPS) is 11.3.